The van der Waals surface area contributed by atoms with Gasteiger partial charge in [-0.2, -0.15) is 0 Å². The number of imidazole rings is 1. The van der Waals surface area contributed by atoms with E-state index in [0.29, 0.717) is 0 Å². The molecule has 1 aliphatic heterocycles. The largest absolute Gasteiger partial charge is 0.319 e. The summed E-state index contributed by atoms with van der Waals surface area (Å²) < 4.78 is 2.37. The van der Waals surface area contributed by atoms with Crippen molar-refractivity contribution in [2.45, 2.75) is 6.54 Å². The highest BCUT2D eigenvalue weighted by molar-refractivity contribution is 6.14. The summed E-state index contributed by atoms with van der Waals surface area (Å²) in [6, 6.07) is 78.2. The molecule has 0 unspecified atom stereocenters. The molecule has 0 bridgehead atoms. The highest BCUT2D eigenvalue weighted by atomic mass is 15.1. The van der Waals surface area contributed by atoms with Crippen LogP contribution in [-0.2, 0) is 6.54 Å². The SMILES string of the molecule is c1ccc(N(c2ccccc2)c2ccc(-c3ccc4c5c(ccc(-c6ccc(N(c7ccccc7)c7ccccc7)cc6)c35)-c3nc5ccccc5n3C4)cc2)cc1. The van der Waals surface area contributed by atoms with Crippen molar-refractivity contribution in [3.8, 4) is 33.6 Å². The average molecular weight is 743 g/mol. The van der Waals surface area contributed by atoms with E-state index in [4.69, 9.17) is 4.98 Å². The summed E-state index contributed by atoms with van der Waals surface area (Å²) in [6.07, 6.45) is 0. The van der Waals surface area contributed by atoms with Gasteiger partial charge in [0.15, 0.2) is 0 Å². The smallest absolute Gasteiger partial charge is 0.142 e. The molecule has 0 atom stereocenters. The van der Waals surface area contributed by atoms with Crippen LogP contribution >= 0.6 is 0 Å². The van der Waals surface area contributed by atoms with E-state index in [9.17, 15) is 0 Å². The lowest BCUT2D eigenvalue weighted by molar-refractivity contribution is 0.831. The van der Waals surface area contributed by atoms with Crippen LogP contribution in [0.3, 0.4) is 0 Å². The van der Waals surface area contributed by atoms with Gasteiger partial charge < -0.3 is 14.4 Å². The van der Waals surface area contributed by atoms with Gasteiger partial charge in [0.1, 0.15) is 5.82 Å². The lowest BCUT2D eigenvalue weighted by Gasteiger charge is -2.26. The fourth-order valence-corrected chi connectivity index (χ4v) is 8.76. The number of fused-ring (bicyclic) bond motifs is 4. The molecule has 1 aromatic heterocycles. The second kappa shape index (κ2) is 14.1. The molecule has 11 rings (SSSR count). The van der Waals surface area contributed by atoms with Crippen LogP contribution in [0.5, 0.6) is 0 Å². The van der Waals surface area contributed by atoms with Gasteiger partial charge in [-0.25, -0.2) is 4.98 Å². The molecule has 274 valence electrons. The van der Waals surface area contributed by atoms with Gasteiger partial charge in [0.2, 0.25) is 0 Å². The Morgan fingerprint density at radius 1 is 0.345 bits per heavy atom. The van der Waals surface area contributed by atoms with E-state index in [2.05, 4.69) is 233 Å². The third-order valence-corrected chi connectivity index (χ3v) is 11.4. The van der Waals surface area contributed by atoms with E-state index in [0.717, 1.165) is 52.0 Å². The highest BCUT2D eigenvalue weighted by Crippen LogP contribution is 2.47. The molecule has 0 saturated carbocycles. The minimum Gasteiger partial charge on any atom is -0.319 e. The van der Waals surface area contributed by atoms with Gasteiger partial charge in [-0.05, 0) is 130 Å². The molecule has 0 amide bonds. The fraction of sp³-hybridized carbons (Fsp3) is 0.0185. The van der Waals surface area contributed by atoms with Gasteiger partial charge in [0.05, 0.1) is 17.6 Å². The Morgan fingerprint density at radius 2 is 0.741 bits per heavy atom. The standard InChI is InChI=1S/C54H38N4/c1-5-15-41(16-6-1)57(42-17-7-2-8-18-42)45-30-25-38(26-31-45)47-34-29-40-37-56-51-24-14-13-23-50(51)55-54(56)49-36-35-48(53(47)52(40)49)39-27-32-46(33-28-39)58(43-19-9-3-10-20-43)44-21-11-4-12-22-44/h1-36H,37H2. The predicted molar refractivity (Wildman–Crippen MR) is 242 cm³/mol. The van der Waals surface area contributed by atoms with Gasteiger partial charge in [-0.3, -0.25) is 0 Å². The molecule has 0 radical (unpaired) electrons. The summed E-state index contributed by atoms with van der Waals surface area (Å²) >= 11 is 0. The van der Waals surface area contributed by atoms with Gasteiger partial charge in [-0.15, -0.1) is 0 Å². The van der Waals surface area contributed by atoms with E-state index in [1.54, 1.807) is 0 Å². The maximum atomic E-state index is 5.21. The van der Waals surface area contributed by atoms with Gasteiger partial charge >= 0.3 is 0 Å². The monoisotopic (exact) mass is 742 g/mol. The van der Waals surface area contributed by atoms with Gasteiger partial charge in [0, 0.05) is 39.7 Å². The van der Waals surface area contributed by atoms with Crippen LogP contribution in [0.2, 0.25) is 0 Å². The molecule has 58 heavy (non-hydrogen) atoms. The minimum atomic E-state index is 0.771. The van der Waals surface area contributed by atoms with Gasteiger partial charge in [0.25, 0.3) is 0 Å². The van der Waals surface area contributed by atoms with E-state index in [1.165, 1.54) is 49.7 Å². The van der Waals surface area contributed by atoms with Crippen molar-refractivity contribution in [2.24, 2.45) is 0 Å². The summed E-state index contributed by atoms with van der Waals surface area (Å²) in [7, 11) is 0. The summed E-state index contributed by atoms with van der Waals surface area (Å²) in [5.74, 6) is 1.02. The third kappa shape index (κ3) is 5.74. The Labute approximate surface area is 338 Å². The minimum absolute atomic E-state index is 0.771. The zero-order valence-corrected chi connectivity index (χ0v) is 31.8. The molecule has 0 N–H and O–H groups in total. The topological polar surface area (TPSA) is 24.3 Å². The number of nitrogens with zero attached hydrogens (tertiary/aromatic N) is 4. The number of aromatic nitrogens is 2. The zero-order valence-electron chi connectivity index (χ0n) is 31.8. The van der Waals surface area contributed by atoms with Crippen LogP contribution in [0.4, 0.5) is 34.1 Å². The maximum Gasteiger partial charge on any atom is 0.142 e. The lowest BCUT2D eigenvalue weighted by atomic mass is 9.85. The van der Waals surface area contributed by atoms with E-state index >= 15 is 0 Å². The van der Waals surface area contributed by atoms with Crippen molar-refractivity contribution in [1.29, 1.82) is 0 Å². The Hall–Kier alpha value is -7.69. The number of rotatable bonds is 8. The lowest BCUT2D eigenvalue weighted by Crippen LogP contribution is -2.10. The van der Waals surface area contributed by atoms with Gasteiger partial charge in [-0.1, -0.05) is 127 Å². The summed E-state index contributed by atoms with van der Waals surface area (Å²) in [5, 5.41) is 2.52. The molecule has 10 aromatic rings. The van der Waals surface area contributed by atoms with Crippen molar-refractivity contribution in [3.63, 3.8) is 0 Å². The van der Waals surface area contributed by atoms with Crippen molar-refractivity contribution in [3.05, 3.63) is 224 Å². The maximum absolute atomic E-state index is 5.21. The predicted octanol–water partition coefficient (Wildman–Crippen LogP) is 14.5. The van der Waals surface area contributed by atoms with Crippen LogP contribution in [0.15, 0.2) is 218 Å². The van der Waals surface area contributed by atoms with E-state index < -0.39 is 0 Å². The molecule has 4 heteroatoms. The Bertz CT molecular complexity index is 2840. The summed E-state index contributed by atoms with van der Waals surface area (Å²) in [6.45, 7) is 0.771. The molecule has 4 nitrogen and oxygen atoms in total. The normalized spacial score (nSPS) is 11.7. The van der Waals surface area contributed by atoms with Crippen LogP contribution < -0.4 is 9.80 Å². The molecule has 9 aromatic carbocycles. The molecule has 1 aliphatic rings. The van der Waals surface area contributed by atoms with Crippen molar-refractivity contribution in [1.82, 2.24) is 9.55 Å². The molecule has 0 aliphatic carbocycles. The summed E-state index contributed by atoms with van der Waals surface area (Å²) in [5.41, 5.74) is 16.1. The molecular weight excluding hydrogens is 705 g/mol. The van der Waals surface area contributed by atoms with E-state index in [-0.39, 0.29) is 0 Å². The summed E-state index contributed by atoms with van der Waals surface area (Å²) in [4.78, 5) is 9.84. The van der Waals surface area contributed by atoms with Crippen molar-refractivity contribution >= 4 is 55.9 Å². The Morgan fingerprint density at radius 3 is 1.22 bits per heavy atom. The number of benzene rings is 9. The number of para-hydroxylation sites is 6. The second-order valence-corrected chi connectivity index (χ2v) is 14.8. The van der Waals surface area contributed by atoms with Crippen LogP contribution in [0.25, 0.3) is 55.4 Å². The quantitative estimate of drug-likeness (QED) is 0.155. The first-order chi connectivity index (χ1) is 28.8. The fourth-order valence-electron chi connectivity index (χ4n) is 8.76. The first-order valence-electron chi connectivity index (χ1n) is 19.8. The van der Waals surface area contributed by atoms with E-state index in [1.807, 2.05) is 0 Å². The van der Waals surface area contributed by atoms with Crippen molar-refractivity contribution < 1.29 is 0 Å². The average Bonchev–Trinajstić information content (AvgIpc) is 3.67. The molecule has 0 saturated heterocycles. The first-order valence-corrected chi connectivity index (χ1v) is 19.8. The number of hydrogen-bond acceptors (Lipinski definition) is 3. The molecule has 0 spiro atoms. The number of hydrogen-bond donors (Lipinski definition) is 0. The Kier molecular flexibility index (Phi) is 8.18. The third-order valence-electron chi connectivity index (χ3n) is 11.4. The number of anilines is 6. The Balaban J connectivity index is 1.08. The molecular formula is C54H38N4. The van der Waals surface area contributed by atoms with Crippen LogP contribution in [0, 0.1) is 0 Å². The van der Waals surface area contributed by atoms with Crippen LogP contribution in [0.1, 0.15) is 5.56 Å². The molecule has 2 heterocycles. The highest BCUT2D eigenvalue weighted by Gasteiger charge is 2.26. The first kappa shape index (κ1) is 33.6. The zero-order chi connectivity index (χ0) is 38.4. The van der Waals surface area contributed by atoms with Crippen molar-refractivity contribution in [2.75, 3.05) is 9.80 Å². The van der Waals surface area contributed by atoms with Crippen LogP contribution in [-0.4, -0.2) is 9.55 Å². The second-order valence-electron chi connectivity index (χ2n) is 14.8. The molecule has 0 fully saturated rings.